The highest BCUT2D eigenvalue weighted by Gasteiger charge is 2.28. The summed E-state index contributed by atoms with van der Waals surface area (Å²) < 4.78 is 40.4. The van der Waals surface area contributed by atoms with Crippen molar-refractivity contribution in [2.24, 2.45) is 0 Å². The lowest BCUT2D eigenvalue weighted by Gasteiger charge is -2.08. The summed E-state index contributed by atoms with van der Waals surface area (Å²) in [7, 11) is 1.34. The highest BCUT2D eigenvalue weighted by Crippen LogP contribution is 2.18. The molecule has 0 aliphatic heterocycles. The van der Waals surface area contributed by atoms with Gasteiger partial charge in [-0.1, -0.05) is 11.6 Å². The smallest absolute Gasteiger partial charge is 0.405 e. The van der Waals surface area contributed by atoms with Crippen LogP contribution >= 0.6 is 11.6 Å². The van der Waals surface area contributed by atoms with Gasteiger partial charge >= 0.3 is 6.18 Å². The molecule has 0 unspecified atom stereocenters. The Hall–Kier alpha value is -1.50. The van der Waals surface area contributed by atoms with Crippen molar-refractivity contribution < 1.29 is 22.7 Å². The number of halogens is 4. The third kappa shape index (κ3) is 4.48. The molecule has 1 aromatic rings. The van der Waals surface area contributed by atoms with Gasteiger partial charge in [-0.3, -0.25) is 4.79 Å². The van der Waals surface area contributed by atoms with E-state index in [9.17, 15) is 18.0 Å². The van der Waals surface area contributed by atoms with E-state index in [0.29, 0.717) is 0 Å². The topological polar surface area (TPSA) is 51.2 Å². The van der Waals surface area contributed by atoms with Gasteiger partial charge < -0.3 is 10.1 Å². The minimum atomic E-state index is -4.47. The molecule has 0 aliphatic rings. The predicted octanol–water partition coefficient (Wildman–Crippen LogP) is 2.04. The lowest BCUT2D eigenvalue weighted by atomic mass is 10.3. The molecule has 0 radical (unpaired) electrons. The molecule has 0 saturated carbocycles. The number of rotatable bonds is 3. The zero-order valence-corrected chi connectivity index (χ0v) is 9.39. The number of hydrogen-bond donors (Lipinski definition) is 1. The summed E-state index contributed by atoms with van der Waals surface area (Å²) in [5.74, 6) is -0.731. The number of nitrogens with zero attached hydrogens (tertiary/aromatic N) is 1. The summed E-state index contributed by atoms with van der Waals surface area (Å²) in [5, 5.41) is 1.64. The quantitative estimate of drug-likeness (QED) is 0.854. The molecular formula is C9H8ClF3N2O2. The summed E-state index contributed by atoms with van der Waals surface area (Å²) in [6.07, 6.45) is -4.47. The molecule has 1 amide bonds. The molecule has 0 fully saturated rings. The molecule has 0 aromatic carbocycles. The second-order valence-corrected chi connectivity index (χ2v) is 3.40. The van der Waals surface area contributed by atoms with Crippen LogP contribution in [0, 0.1) is 0 Å². The number of alkyl halides is 3. The number of aromatic nitrogens is 1. The number of pyridine rings is 1. The number of carbonyl (C=O) groups excluding carboxylic acids is 1. The second kappa shape index (κ2) is 5.22. The highest BCUT2D eigenvalue weighted by molar-refractivity contribution is 6.29. The van der Waals surface area contributed by atoms with Gasteiger partial charge in [-0.2, -0.15) is 13.2 Å². The monoisotopic (exact) mass is 268 g/mol. The number of methoxy groups -OCH3 is 1. The molecule has 0 spiro atoms. The number of ether oxygens (including phenoxy) is 1. The van der Waals surface area contributed by atoms with E-state index in [4.69, 9.17) is 16.3 Å². The first kappa shape index (κ1) is 13.6. The maximum absolute atomic E-state index is 11.9. The average Bonchev–Trinajstić information content (AvgIpc) is 2.23. The van der Waals surface area contributed by atoms with Crippen molar-refractivity contribution in [1.82, 2.24) is 10.3 Å². The predicted molar refractivity (Wildman–Crippen MR) is 54.2 cm³/mol. The SMILES string of the molecule is COc1cc(Cl)nc(C(=O)NCC(F)(F)F)c1. The molecule has 4 nitrogen and oxygen atoms in total. The minimum Gasteiger partial charge on any atom is -0.497 e. The van der Waals surface area contributed by atoms with Crippen molar-refractivity contribution in [3.05, 3.63) is 23.0 Å². The Balaban J connectivity index is 2.78. The lowest BCUT2D eigenvalue weighted by Crippen LogP contribution is -2.34. The molecule has 0 saturated heterocycles. The Morgan fingerprint density at radius 3 is 2.71 bits per heavy atom. The maximum atomic E-state index is 11.9. The summed E-state index contributed by atoms with van der Waals surface area (Å²) in [5.41, 5.74) is -0.237. The van der Waals surface area contributed by atoms with Crippen molar-refractivity contribution in [3.63, 3.8) is 0 Å². The fraction of sp³-hybridized carbons (Fsp3) is 0.333. The Kier molecular flexibility index (Phi) is 4.17. The van der Waals surface area contributed by atoms with Gasteiger partial charge in [-0.25, -0.2) is 4.98 Å². The molecule has 17 heavy (non-hydrogen) atoms. The van der Waals surface area contributed by atoms with Crippen molar-refractivity contribution in [3.8, 4) is 5.75 Å². The Morgan fingerprint density at radius 1 is 1.53 bits per heavy atom. The average molecular weight is 269 g/mol. The van der Waals surface area contributed by atoms with E-state index in [1.807, 2.05) is 0 Å². The maximum Gasteiger partial charge on any atom is 0.405 e. The third-order valence-corrected chi connectivity index (χ3v) is 1.88. The van der Waals surface area contributed by atoms with Crippen molar-refractivity contribution in [2.45, 2.75) is 6.18 Å². The van der Waals surface area contributed by atoms with Crippen molar-refractivity contribution in [1.29, 1.82) is 0 Å². The van der Waals surface area contributed by atoms with Crippen LogP contribution < -0.4 is 10.1 Å². The van der Waals surface area contributed by atoms with E-state index in [1.165, 1.54) is 19.2 Å². The lowest BCUT2D eigenvalue weighted by molar-refractivity contribution is -0.123. The van der Waals surface area contributed by atoms with Gasteiger partial charge in [0.2, 0.25) is 0 Å². The fourth-order valence-electron chi connectivity index (χ4n) is 0.979. The number of hydrogen-bond acceptors (Lipinski definition) is 3. The zero-order chi connectivity index (χ0) is 13.1. The van der Waals surface area contributed by atoms with Crippen LogP contribution in [-0.4, -0.2) is 30.7 Å². The van der Waals surface area contributed by atoms with Gasteiger partial charge in [0, 0.05) is 12.1 Å². The largest absolute Gasteiger partial charge is 0.497 e. The van der Waals surface area contributed by atoms with Gasteiger partial charge in [0.15, 0.2) is 0 Å². The standard InChI is InChI=1S/C9H8ClF3N2O2/c1-17-5-2-6(15-7(10)3-5)8(16)14-4-9(11,12)13/h2-3H,4H2,1H3,(H,14,16). The van der Waals surface area contributed by atoms with Crippen LogP contribution in [0.15, 0.2) is 12.1 Å². The molecule has 94 valence electrons. The Labute approximate surface area is 99.7 Å². The van der Waals surface area contributed by atoms with Crippen LogP contribution in [0.1, 0.15) is 10.5 Å². The van der Waals surface area contributed by atoms with E-state index in [1.54, 1.807) is 5.32 Å². The van der Waals surface area contributed by atoms with Crippen LogP contribution in [-0.2, 0) is 0 Å². The van der Waals surface area contributed by atoms with Crippen LogP contribution in [0.2, 0.25) is 5.15 Å². The first-order chi connectivity index (χ1) is 7.81. The van der Waals surface area contributed by atoms with E-state index in [-0.39, 0.29) is 16.6 Å². The van der Waals surface area contributed by atoms with E-state index in [0.717, 1.165) is 0 Å². The summed E-state index contributed by atoms with van der Waals surface area (Å²) in [6.45, 7) is -1.43. The zero-order valence-electron chi connectivity index (χ0n) is 8.64. The van der Waals surface area contributed by atoms with E-state index >= 15 is 0 Å². The number of carbonyl (C=O) groups is 1. The minimum absolute atomic E-state index is 0.0403. The summed E-state index contributed by atoms with van der Waals surface area (Å²) in [6, 6.07) is 2.53. The molecule has 8 heteroatoms. The summed E-state index contributed by atoms with van der Waals surface area (Å²) in [4.78, 5) is 14.9. The molecular weight excluding hydrogens is 261 g/mol. The van der Waals surface area contributed by atoms with Crippen molar-refractivity contribution in [2.75, 3.05) is 13.7 Å². The highest BCUT2D eigenvalue weighted by atomic mass is 35.5. The molecule has 1 aromatic heterocycles. The molecule has 0 atom stereocenters. The second-order valence-electron chi connectivity index (χ2n) is 3.01. The molecule has 0 bridgehead atoms. The molecule has 1 heterocycles. The molecule has 1 rings (SSSR count). The first-order valence-electron chi connectivity index (χ1n) is 4.38. The van der Waals surface area contributed by atoms with Crippen LogP contribution in [0.25, 0.3) is 0 Å². The number of nitrogens with one attached hydrogen (secondary N) is 1. The van der Waals surface area contributed by atoms with Crippen LogP contribution in [0.4, 0.5) is 13.2 Å². The van der Waals surface area contributed by atoms with Gasteiger partial charge in [-0.05, 0) is 0 Å². The van der Waals surface area contributed by atoms with Gasteiger partial charge in [0.05, 0.1) is 7.11 Å². The van der Waals surface area contributed by atoms with E-state index < -0.39 is 18.6 Å². The van der Waals surface area contributed by atoms with Crippen molar-refractivity contribution >= 4 is 17.5 Å². The first-order valence-corrected chi connectivity index (χ1v) is 4.76. The van der Waals surface area contributed by atoms with E-state index in [2.05, 4.69) is 4.98 Å². The van der Waals surface area contributed by atoms with Crippen LogP contribution in [0.3, 0.4) is 0 Å². The third-order valence-electron chi connectivity index (χ3n) is 1.69. The molecule has 1 N–H and O–H groups in total. The Bertz CT molecular complexity index is 423. The fourth-order valence-corrected chi connectivity index (χ4v) is 1.18. The normalized spacial score (nSPS) is 11.1. The van der Waals surface area contributed by atoms with Gasteiger partial charge in [0.25, 0.3) is 5.91 Å². The Morgan fingerprint density at radius 2 is 2.18 bits per heavy atom. The van der Waals surface area contributed by atoms with Crippen LogP contribution in [0.5, 0.6) is 5.75 Å². The van der Waals surface area contributed by atoms with Gasteiger partial charge in [0.1, 0.15) is 23.1 Å². The number of amides is 1. The molecule has 0 aliphatic carbocycles. The summed E-state index contributed by atoms with van der Waals surface area (Å²) >= 11 is 5.57. The van der Waals surface area contributed by atoms with Gasteiger partial charge in [-0.15, -0.1) is 0 Å².